The van der Waals surface area contributed by atoms with Gasteiger partial charge in [0.15, 0.2) is 0 Å². The summed E-state index contributed by atoms with van der Waals surface area (Å²) in [4.78, 5) is 0. The number of methoxy groups -OCH3 is 1. The van der Waals surface area contributed by atoms with Crippen molar-refractivity contribution < 1.29 is 4.74 Å². The van der Waals surface area contributed by atoms with Crippen LogP contribution in [0, 0.1) is 19.8 Å². The fourth-order valence-corrected chi connectivity index (χ4v) is 2.59. The average molecular weight is 269 g/mol. The van der Waals surface area contributed by atoms with Crippen LogP contribution in [0.15, 0.2) is 6.07 Å². The first-order chi connectivity index (χ1) is 8.63. The first-order valence-corrected chi connectivity index (χ1v) is 6.79. The van der Waals surface area contributed by atoms with Crippen LogP contribution >= 0.6 is 11.6 Å². The third-order valence-electron chi connectivity index (χ3n) is 3.59. The molecule has 0 saturated carbocycles. The van der Waals surface area contributed by atoms with Crippen LogP contribution in [0.25, 0.3) is 0 Å². The molecule has 0 bridgehead atoms. The largest absolute Gasteiger partial charge is 0.495 e. The Morgan fingerprint density at radius 1 is 1.50 bits per heavy atom. The van der Waals surface area contributed by atoms with Gasteiger partial charge in [-0.1, -0.05) is 11.6 Å². The van der Waals surface area contributed by atoms with E-state index in [0.717, 1.165) is 47.2 Å². The zero-order valence-corrected chi connectivity index (χ0v) is 12.0. The van der Waals surface area contributed by atoms with Crippen LogP contribution in [0.3, 0.4) is 0 Å². The van der Waals surface area contributed by atoms with Crippen molar-refractivity contribution in [3.63, 3.8) is 0 Å². The van der Waals surface area contributed by atoms with E-state index in [1.165, 1.54) is 6.42 Å². The number of benzene rings is 1. The van der Waals surface area contributed by atoms with E-state index in [-0.39, 0.29) is 0 Å². The van der Waals surface area contributed by atoms with Crippen LogP contribution in [0.4, 0.5) is 5.69 Å². The summed E-state index contributed by atoms with van der Waals surface area (Å²) in [6.45, 7) is 7.21. The van der Waals surface area contributed by atoms with Gasteiger partial charge in [0.25, 0.3) is 0 Å². The summed E-state index contributed by atoms with van der Waals surface area (Å²) in [7, 11) is 1.70. The molecule has 0 aliphatic carbocycles. The maximum absolute atomic E-state index is 6.30. The minimum absolute atomic E-state index is 0.689. The first-order valence-electron chi connectivity index (χ1n) is 6.41. The van der Waals surface area contributed by atoms with Crippen molar-refractivity contribution in [1.82, 2.24) is 5.32 Å². The second kappa shape index (κ2) is 5.81. The molecule has 0 aromatic heterocycles. The van der Waals surface area contributed by atoms with Gasteiger partial charge < -0.3 is 15.4 Å². The van der Waals surface area contributed by atoms with Crippen LogP contribution < -0.4 is 15.4 Å². The molecule has 3 nitrogen and oxygen atoms in total. The molecule has 2 N–H and O–H groups in total. The number of halogens is 1. The van der Waals surface area contributed by atoms with Gasteiger partial charge in [-0.25, -0.2) is 0 Å². The lowest BCUT2D eigenvalue weighted by Crippen LogP contribution is -2.18. The molecule has 0 radical (unpaired) electrons. The molecule has 18 heavy (non-hydrogen) atoms. The predicted molar refractivity (Wildman–Crippen MR) is 76.9 cm³/mol. The fourth-order valence-electron chi connectivity index (χ4n) is 2.44. The van der Waals surface area contributed by atoms with Gasteiger partial charge in [-0.2, -0.15) is 0 Å². The average Bonchev–Trinajstić information content (AvgIpc) is 2.87. The minimum Gasteiger partial charge on any atom is -0.495 e. The highest BCUT2D eigenvalue weighted by Crippen LogP contribution is 2.36. The molecule has 0 spiro atoms. The van der Waals surface area contributed by atoms with E-state index in [2.05, 4.69) is 10.6 Å². The third kappa shape index (κ3) is 2.73. The van der Waals surface area contributed by atoms with E-state index in [1.807, 2.05) is 19.9 Å². The first kappa shape index (κ1) is 13.5. The maximum Gasteiger partial charge on any atom is 0.142 e. The van der Waals surface area contributed by atoms with Gasteiger partial charge >= 0.3 is 0 Å². The summed E-state index contributed by atoms with van der Waals surface area (Å²) in [5.74, 6) is 1.56. The van der Waals surface area contributed by atoms with Gasteiger partial charge in [-0.15, -0.1) is 0 Å². The van der Waals surface area contributed by atoms with Gasteiger partial charge in [0.1, 0.15) is 5.75 Å². The monoisotopic (exact) mass is 268 g/mol. The van der Waals surface area contributed by atoms with Crippen LogP contribution in [0.2, 0.25) is 5.02 Å². The van der Waals surface area contributed by atoms with Gasteiger partial charge in [0.05, 0.1) is 12.8 Å². The van der Waals surface area contributed by atoms with E-state index in [1.54, 1.807) is 7.11 Å². The zero-order valence-electron chi connectivity index (χ0n) is 11.3. The molecule has 1 heterocycles. The van der Waals surface area contributed by atoms with E-state index < -0.39 is 0 Å². The molecule has 1 aliphatic rings. The minimum atomic E-state index is 0.689. The van der Waals surface area contributed by atoms with E-state index in [4.69, 9.17) is 16.3 Å². The SMILES string of the molecule is COc1cc(C)c(Cl)c(C)c1NCC1CCNC1. The Bertz CT molecular complexity index is 428. The van der Waals surface area contributed by atoms with Crippen LogP contribution in [0.5, 0.6) is 5.75 Å². The standard InChI is InChI=1S/C14H21ClN2O/c1-9-6-12(18-3)14(10(2)13(9)15)17-8-11-4-5-16-7-11/h6,11,16-17H,4-5,7-8H2,1-3H3. The van der Waals surface area contributed by atoms with Crippen molar-refractivity contribution >= 4 is 17.3 Å². The fraction of sp³-hybridized carbons (Fsp3) is 0.571. The maximum atomic E-state index is 6.30. The lowest BCUT2D eigenvalue weighted by atomic mass is 10.1. The van der Waals surface area contributed by atoms with E-state index >= 15 is 0 Å². The number of nitrogens with one attached hydrogen (secondary N) is 2. The Hall–Kier alpha value is -0.930. The Morgan fingerprint density at radius 2 is 2.28 bits per heavy atom. The van der Waals surface area contributed by atoms with Crippen molar-refractivity contribution in [2.24, 2.45) is 5.92 Å². The number of rotatable bonds is 4. The summed E-state index contributed by atoms with van der Waals surface area (Å²) in [6.07, 6.45) is 1.23. The smallest absolute Gasteiger partial charge is 0.142 e. The van der Waals surface area contributed by atoms with E-state index in [0.29, 0.717) is 5.92 Å². The second-order valence-corrected chi connectivity index (χ2v) is 5.33. The summed E-state index contributed by atoms with van der Waals surface area (Å²) < 4.78 is 5.44. The molecule has 0 amide bonds. The topological polar surface area (TPSA) is 33.3 Å². The number of hydrogen-bond donors (Lipinski definition) is 2. The number of aryl methyl sites for hydroxylation is 1. The lowest BCUT2D eigenvalue weighted by molar-refractivity contribution is 0.415. The Labute approximate surface area is 114 Å². The Kier molecular flexibility index (Phi) is 4.36. The molecule has 1 atom stereocenters. The molecule has 100 valence electrons. The summed E-state index contributed by atoms with van der Waals surface area (Å²) >= 11 is 6.30. The molecule has 1 aromatic rings. The molecule has 1 saturated heterocycles. The molecule has 2 rings (SSSR count). The highest BCUT2D eigenvalue weighted by atomic mass is 35.5. The van der Waals surface area contributed by atoms with E-state index in [9.17, 15) is 0 Å². The third-order valence-corrected chi connectivity index (χ3v) is 4.18. The molecule has 4 heteroatoms. The normalized spacial score (nSPS) is 19.0. The van der Waals surface area contributed by atoms with Crippen molar-refractivity contribution in [2.45, 2.75) is 20.3 Å². The van der Waals surface area contributed by atoms with Crippen LogP contribution in [0.1, 0.15) is 17.5 Å². The highest BCUT2D eigenvalue weighted by Gasteiger charge is 2.17. The van der Waals surface area contributed by atoms with Gasteiger partial charge in [-0.05, 0) is 56.5 Å². The molecular weight excluding hydrogens is 248 g/mol. The number of anilines is 1. The van der Waals surface area contributed by atoms with Gasteiger partial charge in [-0.3, -0.25) is 0 Å². The lowest BCUT2D eigenvalue weighted by Gasteiger charge is -2.18. The van der Waals surface area contributed by atoms with Crippen molar-refractivity contribution in [3.8, 4) is 5.75 Å². The number of ether oxygens (including phenoxy) is 1. The summed E-state index contributed by atoms with van der Waals surface area (Å²) in [5.41, 5.74) is 3.15. The summed E-state index contributed by atoms with van der Waals surface area (Å²) in [6, 6.07) is 1.99. The van der Waals surface area contributed by atoms with Gasteiger partial charge in [0.2, 0.25) is 0 Å². The molecule has 1 unspecified atom stereocenters. The molecule has 1 aromatic carbocycles. The Balaban J connectivity index is 2.17. The molecular formula is C14H21ClN2O. The molecule has 1 fully saturated rings. The predicted octanol–water partition coefficient (Wildman–Crippen LogP) is 2.99. The second-order valence-electron chi connectivity index (χ2n) is 4.95. The van der Waals surface area contributed by atoms with Gasteiger partial charge in [0, 0.05) is 11.6 Å². The molecule has 1 aliphatic heterocycles. The van der Waals surface area contributed by atoms with Crippen molar-refractivity contribution in [2.75, 3.05) is 32.1 Å². The quantitative estimate of drug-likeness (QED) is 0.881. The highest BCUT2D eigenvalue weighted by molar-refractivity contribution is 6.32. The summed E-state index contributed by atoms with van der Waals surface area (Å²) in [5, 5.41) is 7.69. The van der Waals surface area contributed by atoms with Crippen molar-refractivity contribution in [3.05, 3.63) is 22.2 Å². The zero-order chi connectivity index (χ0) is 13.1. The van der Waals surface area contributed by atoms with Crippen LogP contribution in [-0.2, 0) is 0 Å². The number of hydrogen-bond acceptors (Lipinski definition) is 3. The van der Waals surface area contributed by atoms with Crippen molar-refractivity contribution in [1.29, 1.82) is 0 Å². The Morgan fingerprint density at radius 3 is 2.89 bits per heavy atom. The van der Waals surface area contributed by atoms with Crippen LogP contribution in [-0.4, -0.2) is 26.7 Å².